The summed E-state index contributed by atoms with van der Waals surface area (Å²) in [6, 6.07) is 0. The Labute approximate surface area is 375 Å². The lowest BCUT2D eigenvalue weighted by atomic mass is 10.0. The van der Waals surface area contributed by atoms with Crippen LogP contribution in [0.4, 0.5) is 0 Å². The van der Waals surface area contributed by atoms with Crippen LogP contribution in [0.5, 0.6) is 0 Å². The van der Waals surface area contributed by atoms with Gasteiger partial charge in [0.05, 0.1) is 40.0 Å². The number of carbonyl (C=O) groups excluding carboxylic acids is 2. The lowest BCUT2D eigenvalue weighted by molar-refractivity contribution is -0.870. The Bertz CT molecular complexity index is 1450. The number of carbonyl (C=O) groups is 2. The first-order valence-corrected chi connectivity index (χ1v) is 24.2. The fraction of sp³-hybridized carbons (Fsp3) is 0.600. The zero-order valence-corrected chi connectivity index (χ0v) is 39.6. The molecule has 0 aliphatic heterocycles. The summed E-state index contributed by atoms with van der Waals surface area (Å²) in [7, 11) is 0.930. The number of rotatable bonds is 39. The second-order valence-electron chi connectivity index (χ2n) is 16.0. The van der Waals surface area contributed by atoms with Crippen molar-refractivity contribution < 1.29 is 52.3 Å². The van der Waals surface area contributed by atoms with Crippen LogP contribution in [0.25, 0.3) is 0 Å². The first kappa shape index (κ1) is 58.6. The molecule has 0 aliphatic rings. The standard InChI is InChI=1S/C50H82NO10P/c1-6-8-10-12-14-16-18-20-21-22-23-24-25-26-28-30-32-34-36-40-49(54)58-44-46(45-60-62(56,57)59-43-42-51(3,4)5)61-50(55)41-37-39-48(53)47(52)38-35-33-31-29-27-19-17-15-13-11-9-7-2/h8,10,14-17,20-21,23-24,26-29,32-35,46-48,52-53H,6-7,9,11-13,18-19,22,25,30-31,36-45H2,1-5H3/b10-8-,16-14-,17-15-,21-20-,24-23-,28-26-,29-27-,34-32-,35-33-/t46-,47?,48?/m1/s1. The SMILES string of the molecule is CC/C=C\C/C=C\C/C=C\C/C=C\C/C=C\C/C=C\CCC(=O)OC[C@H](COP(=O)([O-])OCC[N+](C)(C)C)OC(=O)CCCC(O)C(O)C/C=C\C/C=C\C/C=C\CCCCC. The molecule has 4 atom stereocenters. The number of phosphoric acid groups is 1. The molecule has 0 aromatic rings. The molecule has 0 amide bonds. The molecule has 62 heavy (non-hydrogen) atoms. The third-order valence-electron chi connectivity index (χ3n) is 8.99. The van der Waals surface area contributed by atoms with Gasteiger partial charge >= 0.3 is 11.9 Å². The average Bonchev–Trinajstić information content (AvgIpc) is 3.22. The normalized spacial score (nSPS) is 15.5. The molecule has 0 aliphatic carbocycles. The van der Waals surface area contributed by atoms with Crippen LogP contribution in [-0.2, 0) is 32.7 Å². The van der Waals surface area contributed by atoms with Crippen molar-refractivity contribution in [2.45, 2.75) is 148 Å². The summed E-state index contributed by atoms with van der Waals surface area (Å²) in [6.45, 7) is 3.62. The molecule has 11 nitrogen and oxygen atoms in total. The molecule has 0 bridgehead atoms. The summed E-state index contributed by atoms with van der Waals surface area (Å²) in [4.78, 5) is 37.6. The van der Waals surface area contributed by atoms with E-state index >= 15 is 0 Å². The molecular formula is C50H82NO10P. The van der Waals surface area contributed by atoms with Gasteiger partial charge in [0.15, 0.2) is 6.10 Å². The highest BCUT2D eigenvalue weighted by atomic mass is 31.2. The third kappa shape index (κ3) is 41.9. The van der Waals surface area contributed by atoms with E-state index in [0.717, 1.165) is 57.8 Å². The average molecular weight is 888 g/mol. The predicted octanol–water partition coefficient (Wildman–Crippen LogP) is 10.4. The summed E-state index contributed by atoms with van der Waals surface area (Å²) in [5.41, 5.74) is 0. The van der Waals surface area contributed by atoms with Crippen LogP contribution in [0.15, 0.2) is 109 Å². The van der Waals surface area contributed by atoms with Crippen molar-refractivity contribution in [1.82, 2.24) is 0 Å². The van der Waals surface area contributed by atoms with Gasteiger partial charge in [-0.25, -0.2) is 0 Å². The molecule has 0 spiro atoms. The van der Waals surface area contributed by atoms with Gasteiger partial charge in [0.1, 0.15) is 19.8 Å². The molecule has 2 N–H and O–H groups in total. The van der Waals surface area contributed by atoms with Crippen LogP contribution >= 0.6 is 7.82 Å². The van der Waals surface area contributed by atoms with Gasteiger partial charge in [0.2, 0.25) is 0 Å². The van der Waals surface area contributed by atoms with Crippen molar-refractivity contribution in [1.29, 1.82) is 0 Å². The molecule has 0 saturated carbocycles. The summed E-state index contributed by atoms with van der Waals surface area (Å²) in [5.74, 6) is -1.23. The number of hydrogen-bond acceptors (Lipinski definition) is 10. The van der Waals surface area contributed by atoms with E-state index in [4.69, 9.17) is 18.5 Å². The minimum absolute atomic E-state index is 0.0842. The second kappa shape index (κ2) is 40.4. The molecule has 0 rings (SSSR count). The number of quaternary nitrogens is 1. The van der Waals surface area contributed by atoms with Gasteiger partial charge in [-0.2, -0.15) is 0 Å². The molecule has 0 aromatic carbocycles. The minimum atomic E-state index is -4.73. The predicted molar refractivity (Wildman–Crippen MR) is 252 cm³/mol. The molecular weight excluding hydrogens is 806 g/mol. The van der Waals surface area contributed by atoms with Gasteiger partial charge in [0.25, 0.3) is 7.82 Å². The summed E-state index contributed by atoms with van der Waals surface area (Å²) >= 11 is 0. The first-order valence-electron chi connectivity index (χ1n) is 22.8. The van der Waals surface area contributed by atoms with E-state index in [0.29, 0.717) is 17.4 Å². The maximum atomic E-state index is 12.7. The number of likely N-dealkylation sites (N-methyl/N-ethyl adjacent to an activating group) is 1. The van der Waals surface area contributed by atoms with Crippen LogP contribution in [-0.4, -0.2) is 92.5 Å². The van der Waals surface area contributed by atoms with Crippen LogP contribution in [0.2, 0.25) is 0 Å². The summed E-state index contributed by atoms with van der Waals surface area (Å²) in [6.07, 6.45) is 47.3. The smallest absolute Gasteiger partial charge is 0.306 e. The number of nitrogens with zero attached hydrogens (tertiary/aromatic N) is 1. The number of esters is 2. The van der Waals surface area contributed by atoms with Gasteiger partial charge in [-0.3, -0.25) is 14.2 Å². The molecule has 352 valence electrons. The van der Waals surface area contributed by atoms with Crippen molar-refractivity contribution >= 4 is 19.8 Å². The number of ether oxygens (including phenoxy) is 2. The number of phosphoric ester groups is 1. The molecule has 0 heterocycles. The Morgan fingerprint density at radius 1 is 0.597 bits per heavy atom. The Hall–Kier alpha value is -3.41. The van der Waals surface area contributed by atoms with Crippen LogP contribution < -0.4 is 4.89 Å². The van der Waals surface area contributed by atoms with E-state index < -0.39 is 51.3 Å². The summed E-state index contributed by atoms with van der Waals surface area (Å²) < 4.78 is 33.6. The minimum Gasteiger partial charge on any atom is -0.756 e. The van der Waals surface area contributed by atoms with E-state index in [1.165, 1.54) is 19.3 Å². The van der Waals surface area contributed by atoms with Crippen LogP contribution in [0.3, 0.4) is 0 Å². The molecule has 0 fully saturated rings. The number of unbranched alkanes of at least 4 members (excludes halogenated alkanes) is 3. The van der Waals surface area contributed by atoms with E-state index in [-0.39, 0.29) is 38.7 Å². The monoisotopic (exact) mass is 888 g/mol. The van der Waals surface area contributed by atoms with Crippen molar-refractivity contribution in [2.24, 2.45) is 0 Å². The largest absolute Gasteiger partial charge is 0.756 e. The van der Waals surface area contributed by atoms with Crippen LogP contribution in [0.1, 0.15) is 129 Å². The van der Waals surface area contributed by atoms with Gasteiger partial charge in [-0.1, -0.05) is 136 Å². The van der Waals surface area contributed by atoms with Gasteiger partial charge in [-0.15, -0.1) is 0 Å². The van der Waals surface area contributed by atoms with Crippen LogP contribution in [0, 0.1) is 0 Å². The number of allylic oxidation sites excluding steroid dienone is 17. The Balaban J connectivity index is 4.72. The maximum Gasteiger partial charge on any atom is 0.306 e. The van der Waals surface area contributed by atoms with Crippen molar-refractivity contribution in [3.05, 3.63) is 109 Å². The van der Waals surface area contributed by atoms with Gasteiger partial charge in [-0.05, 0) is 89.9 Å². The quantitative estimate of drug-likeness (QED) is 0.0201. The van der Waals surface area contributed by atoms with E-state index in [9.17, 15) is 29.3 Å². The highest BCUT2D eigenvalue weighted by Crippen LogP contribution is 2.38. The van der Waals surface area contributed by atoms with Gasteiger partial charge < -0.3 is 38.1 Å². The van der Waals surface area contributed by atoms with E-state index in [1.54, 1.807) is 0 Å². The van der Waals surface area contributed by atoms with E-state index in [2.05, 4.69) is 98.9 Å². The first-order chi connectivity index (χ1) is 29.8. The fourth-order valence-electron chi connectivity index (χ4n) is 5.31. The Kier molecular flexibility index (Phi) is 38.1. The molecule has 3 unspecified atom stereocenters. The Morgan fingerprint density at radius 2 is 1.10 bits per heavy atom. The molecule has 0 aromatic heterocycles. The highest BCUT2D eigenvalue weighted by molar-refractivity contribution is 7.45. The fourth-order valence-corrected chi connectivity index (χ4v) is 6.04. The van der Waals surface area contributed by atoms with Crippen molar-refractivity contribution in [3.8, 4) is 0 Å². The lowest BCUT2D eigenvalue weighted by Crippen LogP contribution is -2.37. The summed E-state index contributed by atoms with van der Waals surface area (Å²) in [5, 5.41) is 20.8. The molecule has 12 heteroatoms. The number of aliphatic hydroxyl groups is 2. The van der Waals surface area contributed by atoms with Gasteiger partial charge in [0, 0.05) is 12.8 Å². The highest BCUT2D eigenvalue weighted by Gasteiger charge is 2.22. The van der Waals surface area contributed by atoms with Crippen molar-refractivity contribution in [3.63, 3.8) is 0 Å². The zero-order chi connectivity index (χ0) is 46.0. The third-order valence-corrected chi connectivity index (χ3v) is 9.96. The second-order valence-corrected chi connectivity index (χ2v) is 17.4. The lowest BCUT2D eigenvalue weighted by Gasteiger charge is -2.28. The van der Waals surface area contributed by atoms with Crippen molar-refractivity contribution in [2.75, 3.05) is 47.5 Å². The number of hydrogen-bond donors (Lipinski definition) is 2. The molecule has 0 saturated heterocycles. The Morgan fingerprint density at radius 3 is 1.61 bits per heavy atom. The topological polar surface area (TPSA) is 152 Å². The zero-order valence-electron chi connectivity index (χ0n) is 38.7. The maximum absolute atomic E-state index is 12.7. The number of aliphatic hydroxyl groups excluding tert-OH is 2. The van der Waals surface area contributed by atoms with E-state index in [1.807, 2.05) is 45.4 Å². The molecule has 0 radical (unpaired) electrons.